The first-order valence-electron chi connectivity index (χ1n) is 6.96. The van der Waals surface area contributed by atoms with Gasteiger partial charge in [-0.05, 0) is 0 Å². The number of alkyl halides is 10. The van der Waals surface area contributed by atoms with Gasteiger partial charge in [0, 0.05) is 0 Å². The van der Waals surface area contributed by atoms with Crippen LogP contribution in [0.3, 0.4) is 0 Å². The van der Waals surface area contributed by atoms with Gasteiger partial charge in [0.25, 0.3) is 0 Å². The van der Waals surface area contributed by atoms with Crippen LogP contribution in [0.2, 0.25) is 0 Å². The van der Waals surface area contributed by atoms with Crippen molar-refractivity contribution in [3.63, 3.8) is 0 Å². The maximum atomic E-state index is 13.7. The average molecular weight is 418 g/mol. The van der Waals surface area contributed by atoms with E-state index in [2.05, 4.69) is 0 Å². The molecule has 0 bridgehead atoms. The Bertz CT molecular complexity index is 301. The Morgan fingerprint density at radius 3 is 0.560 bits per heavy atom. The Balaban J connectivity index is 0. The van der Waals surface area contributed by atoms with Crippen LogP contribution in [-0.2, 0) is 0 Å². The molecule has 0 aliphatic rings. The van der Waals surface area contributed by atoms with E-state index in [0.717, 1.165) is 0 Å². The molecular weight excluding hydrogens is 397 g/mol. The topological polar surface area (TPSA) is 0 Å². The third-order valence-corrected chi connectivity index (χ3v) is 5.39. The van der Waals surface area contributed by atoms with Crippen LogP contribution in [0.1, 0.15) is 0 Å². The van der Waals surface area contributed by atoms with E-state index in [4.69, 9.17) is 0 Å². The molecule has 0 spiro atoms. The SMILES string of the molecule is FCC(CF)(CF)C(CF)(CF)C(CF)(CF)C(CF)(CF)CF.[KH]. The van der Waals surface area contributed by atoms with E-state index >= 15 is 0 Å². The summed E-state index contributed by atoms with van der Waals surface area (Å²) in [7, 11) is 0. The fraction of sp³-hybridized carbons (Fsp3) is 1.00. The quantitative estimate of drug-likeness (QED) is 0.314. The summed E-state index contributed by atoms with van der Waals surface area (Å²) in [6.45, 7) is -21.6. The van der Waals surface area contributed by atoms with Crippen LogP contribution in [0.15, 0.2) is 0 Å². The van der Waals surface area contributed by atoms with Crippen LogP contribution >= 0.6 is 0 Å². The molecule has 0 saturated heterocycles. The van der Waals surface area contributed by atoms with Gasteiger partial charge in [-0.2, -0.15) is 0 Å². The van der Waals surface area contributed by atoms with Gasteiger partial charge in [0.1, 0.15) is 40.0 Å². The van der Waals surface area contributed by atoms with Crippen molar-refractivity contribution in [2.24, 2.45) is 21.7 Å². The molecule has 0 atom stereocenters. The summed E-state index contributed by atoms with van der Waals surface area (Å²) in [4.78, 5) is 0. The first-order valence-corrected chi connectivity index (χ1v) is 6.96. The van der Waals surface area contributed by atoms with Crippen molar-refractivity contribution in [2.45, 2.75) is 0 Å². The van der Waals surface area contributed by atoms with Gasteiger partial charge in [-0.1, -0.05) is 0 Å². The van der Waals surface area contributed by atoms with Gasteiger partial charge in [-0.3, -0.25) is 43.9 Å². The molecule has 0 aromatic rings. The maximum absolute atomic E-state index is 13.7. The zero-order valence-corrected chi connectivity index (χ0v) is 12.9. The van der Waals surface area contributed by atoms with Crippen molar-refractivity contribution in [3.8, 4) is 0 Å². The molecule has 0 aromatic heterocycles. The van der Waals surface area contributed by atoms with Crippen molar-refractivity contribution < 1.29 is 43.9 Å². The summed E-state index contributed by atoms with van der Waals surface area (Å²) in [5.41, 5.74) is -13.5. The first-order chi connectivity index (χ1) is 11.4. The van der Waals surface area contributed by atoms with Crippen LogP contribution in [0.5, 0.6) is 0 Å². The molecule has 25 heavy (non-hydrogen) atoms. The molecule has 0 nitrogen and oxygen atoms in total. The normalized spacial score (nSPS) is 13.7. The second-order valence-corrected chi connectivity index (χ2v) is 6.06. The molecule has 0 unspecified atom stereocenters. The number of hydrogen-bond donors (Lipinski definition) is 0. The van der Waals surface area contributed by atoms with Gasteiger partial charge < -0.3 is 0 Å². The summed E-state index contributed by atoms with van der Waals surface area (Å²) in [6.07, 6.45) is 0. The first kappa shape index (κ1) is 28.1. The minimum atomic E-state index is -3.48. The van der Waals surface area contributed by atoms with Gasteiger partial charge >= 0.3 is 51.4 Å². The van der Waals surface area contributed by atoms with E-state index in [1.165, 1.54) is 0 Å². The van der Waals surface area contributed by atoms with E-state index < -0.39 is 88.4 Å². The van der Waals surface area contributed by atoms with Crippen molar-refractivity contribution in [3.05, 3.63) is 0 Å². The second kappa shape index (κ2) is 11.7. The number of hydrogen-bond acceptors (Lipinski definition) is 0. The average Bonchev–Trinajstić information content (AvgIpc) is 2.65. The molecule has 0 radical (unpaired) electrons. The summed E-state index contributed by atoms with van der Waals surface area (Å²) in [5.74, 6) is 0. The Morgan fingerprint density at radius 2 is 0.480 bits per heavy atom. The molecule has 0 rings (SSSR count). The molecule has 0 saturated carbocycles. The monoisotopic (exact) mass is 418 g/mol. The molecule has 0 aliphatic heterocycles. The van der Waals surface area contributed by atoms with Crippen molar-refractivity contribution in [2.75, 3.05) is 66.7 Å². The molecule has 0 aliphatic carbocycles. The third kappa shape index (κ3) is 3.91. The van der Waals surface area contributed by atoms with Gasteiger partial charge in [-0.25, -0.2) is 0 Å². The fourth-order valence-electron chi connectivity index (χ4n) is 3.15. The van der Waals surface area contributed by atoms with E-state index in [1.54, 1.807) is 0 Å². The molecule has 11 heteroatoms. The van der Waals surface area contributed by atoms with E-state index in [1.807, 2.05) is 0 Å². The van der Waals surface area contributed by atoms with E-state index in [9.17, 15) is 43.9 Å². The van der Waals surface area contributed by atoms with Crippen LogP contribution in [0, 0.1) is 21.7 Å². The third-order valence-electron chi connectivity index (χ3n) is 5.39. The van der Waals surface area contributed by atoms with Crippen molar-refractivity contribution in [1.29, 1.82) is 0 Å². The predicted octanol–water partition coefficient (Wildman–Crippen LogP) is 3.98. The molecule has 0 fully saturated rings. The molecule has 0 amide bonds. The van der Waals surface area contributed by atoms with Crippen molar-refractivity contribution in [1.82, 2.24) is 0 Å². The molecule has 0 aromatic carbocycles. The van der Waals surface area contributed by atoms with Gasteiger partial charge in [0.15, 0.2) is 0 Å². The van der Waals surface area contributed by atoms with E-state index in [0.29, 0.717) is 0 Å². The van der Waals surface area contributed by atoms with Gasteiger partial charge in [-0.15, -0.1) is 0 Å². The van der Waals surface area contributed by atoms with Gasteiger partial charge in [0.2, 0.25) is 0 Å². The zero-order valence-electron chi connectivity index (χ0n) is 12.9. The summed E-state index contributed by atoms with van der Waals surface area (Å²) < 4.78 is 135. The number of halogens is 10. The predicted molar refractivity (Wildman–Crippen MR) is 76.6 cm³/mol. The van der Waals surface area contributed by atoms with Crippen LogP contribution < -0.4 is 0 Å². The molecular formula is C14H21F10K. The number of rotatable bonds is 13. The summed E-state index contributed by atoms with van der Waals surface area (Å²) in [6, 6.07) is 0. The van der Waals surface area contributed by atoms with Crippen molar-refractivity contribution >= 4 is 51.4 Å². The molecule has 148 valence electrons. The van der Waals surface area contributed by atoms with Crippen LogP contribution in [0.25, 0.3) is 0 Å². The van der Waals surface area contributed by atoms with Crippen LogP contribution in [0.4, 0.5) is 43.9 Å². The summed E-state index contributed by atoms with van der Waals surface area (Å²) in [5, 5.41) is 0. The summed E-state index contributed by atoms with van der Waals surface area (Å²) >= 11 is 0. The van der Waals surface area contributed by atoms with Gasteiger partial charge in [0.05, 0.1) is 48.4 Å². The Morgan fingerprint density at radius 1 is 0.320 bits per heavy atom. The second-order valence-electron chi connectivity index (χ2n) is 6.06. The zero-order chi connectivity index (χ0) is 19.1. The molecule has 0 heterocycles. The minimum absolute atomic E-state index is 0. The molecule has 0 N–H and O–H groups in total. The Hall–Kier alpha value is 0.936. The fourth-order valence-corrected chi connectivity index (χ4v) is 3.15. The Kier molecular flexibility index (Phi) is 13.2. The standard InChI is InChI=1S/C14H20F10.K.H/c15-1-11(2-16,3-17)13(7-21,8-22)14(9-23,10-24)12(4-18,5-19)6-20;;/h1-10H2;;. The van der Waals surface area contributed by atoms with Crippen LogP contribution in [-0.4, -0.2) is 118 Å². The Labute approximate surface area is 182 Å². The van der Waals surface area contributed by atoms with E-state index in [-0.39, 0.29) is 51.4 Å².